The molecule has 1 aliphatic heterocycles. The molecule has 3 heterocycles. The van der Waals surface area contributed by atoms with E-state index in [-0.39, 0.29) is 18.8 Å². The number of benzene rings is 1. The molecule has 0 unspecified atom stereocenters. The van der Waals surface area contributed by atoms with Crippen LogP contribution in [0, 0.1) is 0 Å². The largest absolute Gasteiger partial charge is 0.415 e. The van der Waals surface area contributed by atoms with Gasteiger partial charge < -0.3 is 10.5 Å². The van der Waals surface area contributed by atoms with Crippen LogP contribution in [0.1, 0.15) is 16.1 Å². The lowest BCUT2D eigenvalue weighted by molar-refractivity contribution is -0.237. The number of halogens is 3. The quantitative estimate of drug-likeness (QED) is 0.695. The van der Waals surface area contributed by atoms with Crippen molar-refractivity contribution in [2.24, 2.45) is 5.73 Å². The minimum absolute atomic E-state index is 0.0203. The van der Waals surface area contributed by atoms with Crippen LogP contribution in [0.15, 0.2) is 36.7 Å². The molecule has 0 spiro atoms. The lowest BCUT2D eigenvalue weighted by atomic mass is 10.0. The Morgan fingerprint density at radius 2 is 2.17 bits per heavy atom. The lowest BCUT2D eigenvalue weighted by Gasteiger charge is -2.33. The molecule has 152 valence electrons. The van der Waals surface area contributed by atoms with Crippen LogP contribution in [0.3, 0.4) is 0 Å². The van der Waals surface area contributed by atoms with Crippen LogP contribution in [0.4, 0.5) is 13.2 Å². The number of carbonyl (C=O) groups is 1. The van der Waals surface area contributed by atoms with Crippen molar-refractivity contribution >= 4 is 16.8 Å². The van der Waals surface area contributed by atoms with E-state index in [0.717, 1.165) is 22.1 Å². The fourth-order valence-electron chi connectivity index (χ4n) is 3.44. The first kappa shape index (κ1) is 19.3. The first-order chi connectivity index (χ1) is 13.8. The van der Waals surface area contributed by atoms with E-state index in [1.807, 2.05) is 12.1 Å². The number of hydrogen-bond acceptors (Lipinski definition) is 5. The normalized spacial score (nSPS) is 18.2. The van der Waals surface area contributed by atoms with Gasteiger partial charge in [0, 0.05) is 36.8 Å². The molecule has 1 fully saturated rings. The smallest absolute Gasteiger partial charge is 0.366 e. The molecule has 0 aliphatic carbocycles. The molecule has 10 heteroatoms. The van der Waals surface area contributed by atoms with Gasteiger partial charge in [-0.05, 0) is 23.3 Å². The molecule has 0 radical (unpaired) electrons. The number of rotatable bonds is 4. The first-order valence-corrected chi connectivity index (χ1v) is 8.94. The Kier molecular flexibility index (Phi) is 4.97. The molecule has 0 bridgehead atoms. The Hall–Kier alpha value is -2.98. The van der Waals surface area contributed by atoms with E-state index in [2.05, 4.69) is 15.2 Å². The Balaban J connectivity index is 1.66. The zero-order valence-corrected chi connectivity index (χ0v) is 15.2. The van der Waals surface area contributed by atoms with Crippen LogP contribution < -0.4 is 5.73 Å². The van der Waals surface area contributed by atoms with Gasteiger partial charge in [-0.2, -0.15) is 18.3 Å². The Morgan fingerprint density at radius 3 is 2.86 bits per heavy atom. The molecule has 7 nitrogen and oxygen atoms in total. The number of alkyl halides is 3. The monoisotopic (exact) mass is 405 g/mol. The van der Waals surface area contributed by atoms with Gasteiger partial charge in [0.2, 0.25) is 0 Å². The van der Waals surface area contributed by atoms with Gasteiger partial charge in [-0.25, -0.2) is 4.98 Å². The number of nitrogens with zero attached hydrogens (tertiary/aromatic N) is 3. The summed E-state index contributed by atoms with van der Waals surface area (Å²) in [5, 5.41) is 7.44. The topological polar surface area (TPSA) is 97.1 Å². The second kappa shape index (κ2) is 7.45. The van der Waals surface area contributed by atoms with Gasteiger partial charge >= 0.3 is 6.18 Å². The standard InChI is InChI=1S/C19H18F3N5O2/c20-19(21,22)17-10-27(3-4-29-17)9-11-1-2-13-14(12-7-24-25-8-12)6-16(18(23)28)26-15(13)5-11/h1-2,5-8,17H,3-4,9-10H2,(H2,23,28)(H,24,25)/t17-/m1/s1. The minimum atomic E-state index is -4.39. The van der Waals surface area contributed by atoms with E-state index < -0.39 is 18.2 Å². The average molecular weight is 405 g/mol. The Labute approximate surface area is 163 Å². The summed E-state index contributed by atoms with van der Waals surface area (Å²) < 4.78 is 43.7. The van der Waals surface area contributed by atoms with Crippen LogP contribution in [0.2, 0.25) is 0 Å². The Bertz CT molecular complexity index is 1040. The SMILES string of the molecule is NC(=O)c1cc(-c2cn[nH]c2)c2ccc(CN3CCO[C@@H](C(F)(F)F)C3)cc2n1. The predicted octanol–water partition coefficient (Wildman–Crippen LogP) is 2.49. The van der Waals surface area contributed by atoms with Gasteiger partial charge in [-0.1, -0.05) is 12.1 Å². The van der Waals surface area contributed by atoms with E-state index in [9.17, 15) is 18.0 Å². The van der Waals surface area contributed by atoms with Crippen LogP contribution in [0.25, 0.3) is 22.0 Å². The maximum absolute atomic E-state index is 12.9. The number of hydrogen-bond donors (Lipinski definition) is 2. The lowest BCUT2D eigenvalue weighted by Crippen LogP contribution is -2.48. The predicted molar refractivity (Wildman–Crippen MR) is 98.9 cm³/mol. The number of morpholine rings is 1. The van der Waals surface area contributed by atoms with Crippen LogP contribution in [-0.2, 0) is 11.3 Å². The van der Waals surface area contributed by atoms with Gasteiger partial charge in [0.15, 0.2) is 6.10 Å². The molecule has 1 aromatic carbocycles. The number of amides is 1. The number of primary amides is 1. The second-order valence-corrected chi connectivity index (χ2v) is 6.89. The van der Waals surface area contributed by atoms with Crippen molar-refractivity contribution in [3.8, 4) is 11.1 Å². The van der Waals surface area contributed by atoms with Crippen LogP contribution in [-0.4, -0.2) is 58.0 Å². The van der Waals surface area contributed by atoms with E-state index in [0.29, 0.717) is 18.6 Å². The number of H-pyrrole nitrogens is 1. The molecule has 29 heavy (non-hydrogen) atoms. The number of aromatic nitrogens is 3. The number of nitrogens with one attached hydrogen (secondary N) is 1. The van der Waals surface area contributed by atoms with Gasteiger partial charge in [0.05, 0.1) is 18.3 Å². The number of aromatic amines is 1. The number of pyridine rings is 1. The summed E-state index contributed by atoms with van der Waals surface area (Å²) in [5.41, 5.74) is 8.36. The average Bonchev–Trinajstić information content (AvgIpc) is 3.21. The van der Waals surface area contributed by atoms with Crippen molar-refractivity contribution < 1.29 is 22.7 Å². The van der Waals surface area contributed by atoms with E-state index >= 15 is 0 Å². The third kappa shape index (κ3) is 4.08. The van der Waals surface area contributed by atoms with E-state index in [1.54, 1.807) is 29.4 Å². The summed E-state index contributed by atoms with van der Waals surface area (Å²) in [6.07, 6.45) is -2.86. The van der Waals surface area contributed by atoms with Gasteiger partial charge in [0.25, 0.3) is 5.91 Å². The molecule has 2 aromatic heterocycles. The summed E-state index contributed by atoms with van der Waals surface area (Å²) >= 11 is 0. The van der Waals surface area contributed by atoms with Crippen LogP contribution >= 0.6 is 0 Å². The Morgan fingerprint density at radius 1 is 1.34 bits per heavy atom. The molecule has 1 saturated heterocycles. The van der Waals surface area contributed by atoms with Gasteiger partial charge in [0.1, 0.15) is 5.69 Å². The molecule has 3 N–H and O–H groups in total. The van der Waals surface area contributed by atoms with Crippen molar-refractivity contribution in [1.82, 2.24) is 20.1 Å². The molecule has 3 aromatic rings. The fraction of sp³-hybridized carbons (Fsp3) is 0.316. The van der Waals surface area contributed by atoms with Crippen molar-refractivity contribution in [2.75, 3.05) is 19.7 Å². The summed E-state index contributed by atoms with van der Waals surface area (Å²) in [5.74, 6) is -0.664. The summed E-state index contributed by atoms with van der Waals surface area (Å²) in [6, 6.07) is 7.05. The highest BCUT2D eigenvalue weighted by atomic mass is 19.4. The molecule has 1 amide bonds. The zero-order valence-electron chi connectivity index (χ0n) is 15.2. The van der Waals surface area contributed by atoms with Crippen molar-refractivity contribution in [1.29, 1.82) is 0 Å². The summed E-state index contributed by atoms with van der Waals surface area (Å²) in [7, 11) is 0. The minimum Gasteiger partial charge on any atom is -0.366 e. The third-order valence-corrected chi connectivity index (χ3v) is 4.86. The molecule has 1 aliphatic rings. The highest BCUT2D eigenvalue weighted by Gasteiger charge is 2.43. The maximum Gasteiger partial charge on any atom is 0.415 e. The number of fused-ring (bicyclic) bond motifs is 1. The van der Waals surface area contributed by atoms with E-state index in [4.69, 9.17) is 10.5 Å². The first-order valence-electron chi connectivity index (χ1n) is 8.94. The van der Waals surface area contributed by atoms with Crippen LogP contribution in [0.5, 0.6) is 0 Å². The highest BCUT2D eigenvalue weighted by Crippen LogP contribution is 2.30. The number of carbonyl (C=O) groups excluding carboxylic acids is 1. The van der Waals surface area contributed by atoms with Crippen molar-refractivity contribution in [3.63, 3.8) is 0 Å². The van der Waals surface area contributed by atoms with Crippen molar-refractivity contribution in [3.05, 3.63) is 47.9 Å². The second-order valence-electron chi connectivity index (χ2n) is 6.89. The maximum atomic E-state index is 12.9. The highest BCUT2D eigenvalue weighted by molar-refractivity contribution is 6.00. The molecular weight excluding hydrogens is 387 g/mol. The number of nitrogens with two attached hydrogens (primary N) is 1. The molecule has 4 rings (SSSR count). The third-order valence-electron chi connectivity index (χ3n) is 4.86. The van der Waals surface area contributed by atoms with E-state index in [1.165, 1.54) is 0 Å². The van der Waals surface area contributed by atoms with Gasteiger partial charge in [-0.15, -0.1) is 0 Å². The molecule has 0 saturated carbocycles. The molecule has 1 atom stereocenters. The zero-order chi connectivity index (χ0) is 20.6. The summed E-state index contributed by atoms with van der Waals surface area (Å²) in [6.45, 7) is 0.512. The van der Waals surface area contributed by atoms with Crippen molar-refractivity contribution in [2.45, 2.75) is 18.8 Å². The van der Waals surface area contributed by atoms with Gasteiger partial charge in [-0.3, -0.25) is 14.8 Å². The molecular formula is C19H18F3N5O2. The summed E-state index contributed by atoms with van der Waals surface area (Å²) in [4.78, 5) is 17.7. The number of ether oxygens (including phenoxy) is 1. The fourth-order valence-corrected chi connectivity index (χ4v) is 3.44.